The van der Waals surface area contributed by atoms with Crippen molar-refractivity contribution in [2.75, 3.05) is 0 Å². The summed E-state index contributed by atoms with van der Waals surface area (Å²) in [5, 5.41) is 14.7. The van der Waals surface area contributed by atoms with Crippen molar-refractivity contribution >= 4 is 6.08 Å². The molecular weight excluding hydrogens is 414 g/mol. The number of phenolic OH excluding ortho intramolecular Hbond substituents is 1. The maximum Gasteiger partial charge on any atom is 0.123 e. The molecule has 3 unspecified atom stereocenters. The minimum absolute atomic E-state index is 0.0793. The van der Waals surface area contributed by atoms with Crippen LogP contribution >= 0.6 is 0 Å². The molecular formula is C32H41NO. The van der Waals surface area contributed by atoms with Crippen molar-refractivity contribution in [3.8, 4) is 5.75 Å². The molecule has 2 aromatic rings. The topological polar surface area (TPSA) is 32.3 Å². The normalized spacial score (nSPS) is 25.2. The highest BCUT2D eigenvalue weighted by Gasteiger charge is 2.51. The molecule has 3 aliphatic rings. The number of hydrogen-bond donors (Lipinski definition) is 2. The van der Waals surface area contributed by atoms with E-state index in [1.807, 2.05) is 12.1 Å². The van der Waals surface area contributed by atoms with Crippen LogP contribution in [0.2, 0.25) is 0 Å². The quantitative estimate of drug-likeness (QED) is 0.420. The van der Waals surface area contributed by atoms with Crippen molar-refractivity contribution in [3.63, 3.8) is 0 Å². The lowest BCUT2D eigenvalue weighted by molar-refractivity contribution is 0.251. The van der Waals surface area contributed by atoms with Gasteiger partial charge in [0.25, 0.3) is 0 Å². The molecule has 0 radical (unpaired) electrons. The maximum atomic E-state index is 10.5. The molecule has 0 bridgehead atoms. The molecule has 0 aliphatic heterocycles. The van der Waals surface area contributed by atoms with Gasteiger partial charge in [-0.15, -0.1) is 0 Å². The number of hydrogen-bond acceptors (Lipinski definition) is 2. The largest absolute Gasteiger partial charge is 0.507 e. The smallest absolute Gasteiger partial charge is 0.123 e. The molecule has 0 aromatic heterocycles. The van der Waals surface area contributed by atoms with Crippen molar-refractivity contribution in [1.29, 1.82) is 0 Å². The van der Waals surface area contributed by atoms with Gasteiger partial charge in [-0.25, -0.2) is 0 Å². The Labute approximate surface area is 206 Å². The fourth-order valence-electron chi connectivity index (χ4n) is 6.53. The summed E-state index contributed by atoms with van der Waals surface area (Å²) in [5.41, 5.74) is 8.39. The average Bonchev–Trinajstić information content (AvgIpc) is 3.77. The minimum atomic E-state index is 0.0793. The summed E-state index contributed by atoms with van der Waals surface area (Å²) < 4.78 is 0. The summed E-state index contributed by atoms with van der Waals surface area (Å²) in [5.74, 6) is 2.32. The van der Waals surface area contributed by atoms with Crippen LogP contribution < -0.4 is 5.32 Å². The lowest BCUT2D eigenvalue weighted by atomic mass is 9.70. The molecule has 2 nitrogen and oxygen atoms in total. The van der Waals surface area contributed by atoms with Gasteiger partial charge < -0.3 is 10.4 Å². The summed E-state index contributed by atoms with van der Waals surface area (Å²) in [6.45, 7) is 10.9. The van der Waals surface area contributed by atoms with E-state index in [0.717, 1.165) is 11.5 Å². The number of phenols is 1. The van der Waals surface area contributed by atoms with E-state index < -0.39 is 0 Å². The number of aromatic hydroxyl groups is 1. The van der Waals surface area contributed by atoms with Crippen LogP contribution in [-0.4, -0.2) is 11.1 Å². The predicted octanol–water partition coefficient (Wildman–Crippen LogP) is 8.19. The third kappa shape index (κ3) is 4.32. The fourth-order valence-corrected chi connectivity index (χ4v) is 6.53. The third-order valence-corrected chi connectivity index (χ3v) is 8.77. The van der Waals surface area contributed by atoms with E-state index in [9.17, 15) is 5.11 Å². The molecule has 2 heteroatoms. The Morgan fingerprint density at radius 1 is 1.15 bits per heavy atom. The molecule has 3 atom stereocenters. The Hall–Kier alpha value is -2.48. The van der Waals surface area contributed by atoms with Crippen LogP contribution in [-0.2, 0) is 5.41 Å². The number of allylic oxidation sites excluding steroid dienone is 2. The van der Waals surface area contributed by atoms with E-state index >= 15 is 0 Å². The molecule has 34 heavy (non-hydrogen) atoms. The van der Waals surface area contributed by atoms with Crippen molar-refractivity contribution in [3.05, 3.63) is 82.6 Å². The molecule has 0 spiro atoms. The zero-order chi connectivity index (χ0) is 23.9. The van der Waals surface area contributed by atoms with E-state index in [1.54, 1.807) is 17.2 Å². The SMILES string of the molecule is C=Cc1ccc(C2(C(NC3CCC(CC)C(c4ccccc4C(C)C)C3)=C3CC3)CC2)cc1O. The maximum absolute atomic E-state index is 10.5. The summed E-state index contributed by atoms with van der Waals surface area (Å²) in [6.07, 6.45) is 11.6. The number of rotatable bonds is 8. The monoisotopic (exact) mass is 455 g/mol. The highest BCUT2D eigenvalue weighted by Crippen LogP contribution is 2.57. The number of nitrogens with one attached hydrogen (secondary N) is 1. The first kappa shape index (κ1) is 23.3. The Bertz CT molecular complexity index is 1080. The van der Waals surface area contributed by atoms with E-state index in [1.165, 1.54) is 68.2 Å². The van der Waals surface area contributed by atoms with Gasteiger partial charge in [0, 0.05) is 22.7 Å². The molecule has 2 N–H and O–H groups in total. The van der Waals surface area contributed by atoms with Crippen LogP contribution in [0, 0.1) is 5.92 Å². The van der Waals surface area contributed by atoms with Crippen molar-refractivity contribution in [1.82, 2.24) is 5.32 Å². The zero-order valence-corrected chi connectivity index (χ0v) is 21.2. The van der Waals surface area contributed by atoms with Gasteiger partial charge in [0.2, 0.25) is 0 Å². The molecule has 0 amide bonds. The standard InChI is InChI=1S/C32H41NO/c1-5-22-14-16-26(20-29(22)28-10-8-7-9-27(28)21(3)4)33-31(24-11-12-24)32(17-18-32)25-15-13-23(6-2)30(34)19-25/h6-10,13,15,19,21-22,26,29,33-34H,2,5,11-12,14,16-18,20H2,1,3-4H3. The van der Waals surface area contributed by atoms with Crippen LogP contribution in [0.1, 0.15) is 106 Å². The lowest BCUT2D eigenvalue weighted by Crippen LogP contribution is -2.39. The van der Waals surface area contributed by atoms with E-state index in [4.69, 9.17) is 0 Å². The van der Waals surface area contributed by atoms with Gasteiger partial charge in [0.15, 0.2) is 0 Å². The summed E-state index contributed by atoms with van der Waals surface area (Å²) in [4.78, 5) is 0. The average molecular weight is 456 g/mol. The molecule has 2 aromatic carbocycles. The second kappa shape index (κ2) is 9.29. The zero-order valence-electron chi connectivity index (χ0n) is 21.2. The molecule has 3 aliphatic carbocycles. The Kier molecular flexibility index (Phi) is 6.35. The molecule has 3 saturated carbocycles. The van der Waals surface area contributed by atoms with Crippen LogP contribution in [0.3, 0.4) is 0 Å². The lowest BCUT2D eigenvalue weighted by Gasteiger charge is -2.39. The van der Waals surface area contributed by atoms with Gasteiger partial charge >= 0.3 is 0 Å². The van der Waals surface area contributed by atoms with Gasteiger partial charge in [-0.2, -0.15) is 0 Å². The predicted molar refractivity (Wildman–Crippen MR) is 143 cm³/mol. The Morgan fingerprint density at radius 3 is 2.53 bits per heavy atom. The van der Waals surface area contributed by atoms with Gasteiger partial charge in [-0.1, -0.05) is 76.2 Å². The summed E-state index contributed by atoms with van der Waals surface area (Å²) in [6, 6.07) is 15.9. The highest BCUT2D eigenvalue weighted by molar-refractivity contribution is 5.59. The first-order chi connectivity index (χ1) is 16.5. The molecule has 0 heterocycles. The fraction of sp³-hybridized carbons (Fsp3) is 0.500. The second-order valence-corrected chi connectivity index (χ2v) is 11.3. The van der Waals surface area contributed by atoms with Crippen molar-refractivity contribution in [2.24, 2.45) is 5.92 Å². The first-order valence-corrected chi connectivity index (χ1v) is 13.5. The van der Waals surface area contributed by atoms with Crippen molar-refractivity contribution in [2.45, 2.75) is 95.4 Å². The van der Waals surface area contributed by atoms with Gasteiger partial charge in [-0.05, 0) is 91.0 Å². The van der Waals surface area contributed by atoms with Gasteiger partial charge in [0.1, 0.15) is 5.75 Å². The molecule has 0 saturated heterocycles. The summed E-state index contributed by atoms with van der Waals surface area (Å²) in [7, 11) is 0. The van der Waals surface area contributed by atoms with E-state index in [0.29, 0.717) is 23.6 Å². The van der Waals surface area contributed by atoms with Gasteiger partial charge in [0.05, 0.1) is 0 Å². The summed E-state index contributed by atoms with van der Waals surface area (Å²) >= 11 is 0. The van der Waals surface area contributed by atoms with E-state index in [-0.39, 0.29) is 5.41 Å². The number of benzene rings is 2. The Balaban J connectivity index is 1.41. The molecule has 180 valence electrons. The minimum Gasteiger partial charge on any atom is -0.507 e. The first-order valence-electron chi connectivity index (χ1n) is 13.5. The van der Waals surface area contributed by atoms with Gasteiger partial charge in [-0.3, -0.25) is 0 Å². The second-order valence-electron chi connectivity index (χ2n) is 11.3. The highest BCUT2D eigenvalue weighted by atomic mass is 16.3. The molecule has 5 rings (SSSR count). The van der Waals surface area contributed by atoms with Crippen LogP contribution in [0.4, 0.5) is 0 Å². The van der Waals surface area contributed by atoms with Crippen LogP contribution in [0.15, 0.2) is 60.3 Å². The van der Waals surface area contributed by atoms with E-state index in [2.05, 4.69) is 63.0 Å². The third-order valence-electron chi connectivity index (χ3n) is 8.77. The van der Waals surface area contributed by atoms with Crippen LogP contribution in [0.5, 0.6) is 5.75 Å². The molecule has 3 fully saturated rings. The Morgan fingerprint density at radius 2 is 1.91 bits per heavy atom. The van der Waals surface area contributed by atoms with Crippen LogP contribution in [0.25, 0.3) is 6.08 Å². The van der Waals surface area contributed by atoms with Crippen molar-refractivity contribution < 1.29 is 5.11 Å².